The Morgan fingerprint density at radius 1 is 1.13 bits per heavy atom. The van der Waals surface area contributed by atoms with Crippen LogP contribution in [0.3, 0.4) is 0 Å². The molecule has 1 saturated heterocycles. The number of sulfonamides is 1. The molecular formula is C14H17N2O6S-. The standard InChI is InChI=1S/C14H18N2O6S/c1-22-11-2-4-12(5-3-11)23(20,21)16-8-6-15(7-9-16)13(17)10-14(18)19/h2-5H,6-10H2,1H3,(H,18,19)/p-1. The summed E-state index contributed by atoms with van der Waals surface area (Å²) in [7, 11) is -2.16. The summed E-state index contributed by atoms with van der Waals surface area (Å²) in [5, 5.41) is 10.4. The van der Waals surface area contributed by atoms with Gasteiger partial charge in [-0.15, -0.1) is 0 Å². The van der Waals surface area contributed by atoms with E-state index >= 15 is 0 Å². The Bertz CT molecular complexity index is 678. The van der Waals surface area contributed by atoms with Gasteiger partial charge in [0.25, 0.3) is 0 Å². The van der Waals surface area contributed by atoms with E-state index in [1.807, 2.05) is 0 Å². The number of nitrogens with zero attached hydrogens (tertiary/aromatic N) is 2. The Balaban J connectivity index is 2.03. The predicted molar refractivity (Wildman–Crippen MR) is 78.0 cm³/mol. The van der Waals surface area contributed by atoms with Crippen molar-refractivity contribution in [3.8, 4) is 5.75 Å². The smallest absolute Gasteiger partial charge is 0.243 e. The first-order chi connectivity index (χ1) is 10.8. The van der Waals surface area contributed by atoms with Gasteiger partial charge in [0.1, 0.15) is 5.75 Å². The summed E-state index contributed by atoms with van der Waals surface area (Å²) in [5.74, 6) is -1.45. The van der Waals surface area contributed by atoms with Crippen molar-refractivity contribution < 1.29 is 27.9 Å². The van der Waals surface area contributed by atoms with E-state index < -0.39 is 28.3 Å². The predicted octanol–water partition coefficient (Wildman–Crippen LogP) is -1.33. The largest absolute Gasteiger partial charge is 0.550 e. The highest BCUT2D eigenvalue weighted by Gasteiger charge is 2.29. The second-order valence-electron chi connectivity index (χ2n) is 5.01. The van der Waals surface area contributed by atoms with Crippen molar-refractivity contribution in [2.45, 2.75) is 11.3 Å². The number of hydrogen-bond donors (Lipinski definition) is 0. The molecule has 0 bridgehead atoms. The molecule has 0 aliphatic carbocycles. The van der Waals surface area contributed by atoms with Crippen LogP contribution in [0.2, 0.25) is 0 Å². The summed E-state index contributed by atoms with van der Waals surface area (Å²) in [6.07, 6.45) is -0.689. The molecule has 0 spiro atoms. The number of benzene rings is 1. The summed E-state index contributed by atoms with van der Waals surface area (Å²) < 4.78 is 31.3. The van der Waals surface area contributed by atoms with Crippen LogP contribution in [-0.4, -0.2) is 62.8 Å². The lowest BCUT2D eigenvalue weighted by Gasteiger charge is -2.34. The van der Waals surface area contributed by atoms with Crippen LogP contribution in [-0.2, 0) is 19.6 Å². The maximum absolute atomic E-state index is 12.5. The highest BCUT2D eigenvalue weighted by Crippen LogP contribution is 2.20. The molecular weight excluding hydrogens is 324 g/mol. The van der Waals surface area contributed by atoms with Gasteiger partial charge in [-0.2, -0.15) is 4.31 Å². The lowest BCUT2D eigenvalue weighted by Crippen LogP contribution is -2.51. The third kappa shape index (κ3) is 3.99. The second-order valence-corrected chi connectivity index (χ2v) is 6.95. The molecule has 0 radical (unpaired) electrons. The van der Waals surface area contributed by atoms with Crippen LogP contribution in [0.5, 0.6) is 5.75 Å². The van der Waals surface area contributed by atoms with Gasteiger partial charge < -0.3 is 19.5 Å². The van der Waals surface area contributed by atoms with E-state index in [0.29, 0.717) is 5.75 Å². The number of carboxylic acids is 1. The van der Waals surface area contributed by atoms with Gasteiger partial charge in [-0.1, -0.05) is 0 Å². The summed E-state index contributed by atoms with van der Waals surface area (Å²) >= 11 is 0. The monoisotopic (exact) mass is 341 g/mol. The van der Waals surface area contributed by atoms with Gasteiger partial charge in [-0.25, -0.2) is 8.42 Å². The topological polar surface area (TPSA) is 107 Å². The number of piperazine rings is 1. The van der Waals surface area contributed by atoms with Crippen LogP contribution in [0.4, 0.5) is 0 Å². The molecule has 1 aliphatic rings. The average molecular weight is 341 g/mol. The van der Waals surface area contributed by atoms with Crippen molar-refractivity contribution in [2.24, 2.45) is 0 Å². The highest BCUT2D eigenvalue weighted by atomic mass is 32.2. The molecule has 0 atom stereocenters. The molecule has 23 heavy (non-hydrogen) atoms. The molecule has 1 aromatic carbocycles. The zero-order valence-corrected chi connectivity index (χ0v) is 13.4. The maximum atomic E-state index is 12.5. The van der Waals surface area contributed by atoms with Crippen molar-refractivity contribution in [1.29, 1.82) is 0 Å². The summed E-state index contributed by atoms with van der Waals surface area (Å²) in [4.78, 5) is 23.5. The van der Waals surface area contributed by atoms with Crippen LogP contribution in [0.15, 0.2) is 29.2 Å². The molecule has 1 aliphatic heterocycles. The number of carbonyl (C=O) groups is 2. The number of methoxy groups -OCH3 is 1. The fourth-order valence-corrected chi connectivity index (χ4v) is 3.73. The van der Waals surface area contributed by atoms with Crippen molar-refractivity contribution in [3.05, 3.63) is 24.3 Å². The lowest BCUT2D eigenvalue weighted by atomic mass is 10.3. The number of carbonyl (C=O) groups excluding carboxylic acids is 2. The van der Waals surface area contributed by atoms with E-state index in [9.17, 15) is 23.1 Å². The third-order valence-corrected chi connectivity index (χ3v) is 5.50. The van der Waals surface area contributed by atoms with E-state index in [1.165, 1.54) is 28.4 Å². The Morgan fingerprint density at radius 2 is 1.70 bits per heavy atom. The highest BCUT2D eigenvalue weighted by molar-refractivity contribution is 7.89. The molecule has 0 aromatic heterocycles. The number of ether oxygens (including phenoxy) is 1. The number of aliphatic carboxylic acids is 1. The molecule has 1 fully saturated rings. The number of hydrogen-bond acceptors (Lipinski definition) is 6. The maximum Gasteiger partial charge on any atom is 0.243 e. The summed E-state index contributed by atoms with van der Waals surface area (Å²) in [6, 6.07) is 6.04. The SMILES string of the molecule is COc1ccc(S(=O)(=O)N2CCN(C(=O)CC(=O)[O-])CC2)cc1. The minimum absolute atomic E-state index is 0.118. The first kappa shape index (κ1) is 17.2. The van der Waals surface area contributed by atoms with E-state index in [2.05, 4.69) is 0 Å². The van der Waals surface area contributed by atoms with Gasteiger partial charge in [-0.3, -0.25) is 4.79 Å². The van der Waals surface area contributed by atoms with E-state index in [4.69, 9.17) is 4.74 Å². The fourth-order valence-electron chi connectivity index (χ4n) is 2.31. The van der Waals surface area contributed by atoms with Crippen LogP contribution < -0.4 is 9.84 Å². The first-order valence-electron chi connectivity index (χ1n) is 6.96. The minimum Gasteiger partial charge on any atom is -0.550 e. The zero-order valence-electron chi connectivity index (χ0n) is 12.6. The van der Waals surface area contributed by atoms with Gasteiger partial charge in [0, 0.05) is 26.2 Å². The average Bonchev–Trinajstić information content (AvgIpc) is 2.54. The Kier molecular flexibility index (Phi) is 5.22. The van der Waals surface area contributed by atoms with Gasteiger partial charge in [0.15, 0.2) is 0 Å². The molecule has 0 unspecified atom stereocenters. The normalized spacial score (nSPS) is 16.1. The van der Waals surface area contributed by atoms with Gasteiger partial charge in [0.2, 0.25) is 15.9 Å². The van der Waals surface area contributed by atoms with Crippen LogP contribution in [0, 0.1) is 0 Å². The molecule has 1 heterocycles. The Labute approximate surface area is 134 Å². The molecule has 1 aromatic rings. The van der Waals surface area contributed by atoms with Crippen LogP contribution >= 0.6 is 0 Å². The Morgan fingerprint density at radius 3 is 2.17 bits per heavy atom. The van der Waals surface area contributed by atoms with Crippen molar-refractivity contribution >= 4 is 21.9 Å². The molecule has 1 amide bonds. The van der Waals surface area contributed by atoms with E-state index in [-0.39, 0.29) is 31.1 Å². The molecule has 8 nitrogen and oxygen atoms in total. The lowest BCUT2D eigenvalue weighted by molar-refractivity contribution is -0.304. The summed E-state index contributed by atoms with van der Waals surface area (Å²) in [5.41, 5.74) is 0. The molecule has 126 valence electrons. The summed E-state index contributed by atoms with van der Waals surface area (Å²) in [6.45, 7) is 0.545. The first-order valence-corrected chi connectivity index (χ1v) is 8.40. The van der Waals surface area contributed by atoms with Crippen molar-refractivity contribution in [1.82, 2.24) is 9.21 Å². The number of carboxylic acid groups (broad SMARTS) is 1. The van der Waals surface area contributed by atoms with Crippen LogP contribution in [0.25, 0.3) is 0 Å². The third-order valence-electron chi connectivity index (χ3n) is 3.58. The number of rotatable bonds is 5. The van der Waals surface area contributed by atoms with Gasteiger partial charge in [0.05, 0.1) is 24.4 Å². The van der Waals surface area contributed by atoms with Gasteiger partial charge in [-0.05, 0) is 24.3 Å². The van der Waals surface area contributed by atoms with Crippen molar-refractivity contribution in [3.63, 3.8) is 0 Å². The van der Waals surface area contributed by atoms with E-state index in [0.717, 1.165) is 0 Å². The fraction of sp³-hybridized carbons (Fsp3) is 0.429. The quantitative estimate of drug-likeness (QED) is 0.614. The number of amides is 1. The molecule has 0 N–H and O–H groups in total. The van der Waals surface area contributed by atoms with Crippen LogP contribution in [0.1, 0.15) is 6.42 Å². The zero-order chi connectivity index (χ0) is 17.0. The molecule has 0 saturated carbocycles. The van der Waals surface area contributed by atoms with Crippen molar-refractivity contribution in [2.75, 3.05) is 33.3 Å². The van der Waals surface area contributed by atoms with Gasteiger partial charge >= 0.3 is 0 Å². The second kappa shape index (κ2) is 6.97. The Hall–Kier alpha value is -2.13. The minimum atomic E-state index is -3.65. The molecule has 2 rings (SSSR count). The van der Waals surface area contributed by atoms with E-state index in [1.54, 1.807) is 12.1 Å². The molecule has 9 heteroatoms.